The summed E-state index contributed by atoms with van der Waals surface area (Å²) in [5.74, 6) is -1.09. The van der Waals surface area contributed by atoms with Crippen LogP contribution in [0.4, 0.5) is 0 Å². The third-order valence-electron chi connectivity index (χ3n) is 4.39. The molecule has 3 N–H and O–H groups in total. The van der Waals surface area contributed by atoms with Gasteiger partial charge in [0.2, 0.25) is 11.8 Å². The molecule has 0 bridgehead atoms. The van der Waals surface area contributed by atoms with Gasteiger partial charge in [-0.05, 0) is 30.8 Å². The monoisotopic (exact) mass is 367 g/mol. The van der Waals surface area contributed by atoms with Gasteiger partial charge in [0.1, 0.15) is 0 Å². The lowest BCUT2D eigenvalue weighted by Crippen LogP contribution is -2.55. The predicted octanol–water partition coefficient (Wildman–Crippen LogP) is 1.37. The molecule has 1 atom stereocenters. The fourth-order valence-corrected chi connectivity index (χ4v) is 3.88. The van der Waals surface area contributed by atoms with Crippen LogP contribution >= 0.6 is 11.3 Å². The first-order valence-electron chi connectivity index (χ1n) is 8.44. The van der Waals surface area contributed by atoms with Crippen LogP contribution in [0.1, 0.15) is 44.0 Å². The number of carbonyl (C=O) groups excluding carboxylic acids is 2. The topological polar surface area (TPSA) is 98.7 Å². The third kappa shape index (κ3) is 5.82. The summed E-state index contributed by atoms with van der Waals surface area (Å²) in [4.78, 5) is 37.4. The van der Waals surface area contributed by atoms with Crippen molar-refractivity contribution in [1.82, 2.24) is 15.5 Å². The number of carboxylic acid groups (broad SMARTS) is 1. The van der Waals surface area contributed by atoms with Crippen LogP contribution < -0.4 is 10.6 Å². The van der Waals surface area contributed by atoms with E-state index in [9.17, 15) is 14.4 Å². The Hall–Kier alpha value is -1.93. The van der Waals surface area contributed by atoms with Gasteiger partial charge in [0.15, 0.2) is 0 Å². The second kappa shape index (κ2) is 8.96. The standard InChI is InChI=1S/C17H25N3O4S/c1-3-20(10-17(23)24)13-7-12(8-13)19-16(22)9-14(18-11(2)21)15-5-4-6-25-15/h4-6,12-14H,3,7-10H2,1-2H3,(H,18,21)(H,19,22)(H,23,24). The predicted molar refractivity (Wildman–Crippen MR) is 95.3 cm³/mol. The maximum absolute atomic E-state index is 12.3. The van der Waals surface area contributed by atoms with Crippen LogP contribution in [0.25, 0.3) is 0 Å². The van der Waals surface area contributed by atoms with Gasteiger partial charge >= 0.3 is 5.97 Å². The number of rotatable bonds is 9. The summed E-state index contributed by atoms with van der Waals surface area (Å²) in [6.07, 6.45) is 1.72. The summed E-state index contributed by atoms with van der Waals surface area (Å²) in [6.45, 7) is 4.09. The lowest BCUT2D eigenvalue weighted by Gasteiger charge is -2.42. The Kier molecular flexibility index (Phi) is 6.95. The Morgan fingerprint density at radius 2 is 2.12 bits per heavy atom. The van der Waals surface area contributed by atoms with E-state index in [4.69, 9.17) is 5.11 Å². The average Bonchev–Trinajstić information content (AvgIpc) is 3.01. The Morgan fingerprint density at radius 3 is 2.64 bits per heavy atom. The molecule has 2 rings (SSSR count). The summed E-state index contributed by atoms with van der Waals surface area (Å²) in [6, 6.07) is 3.76. The van der Waals surface area contributed by atoms with E-state index in [1.807, 2.05) is 29.3 Å². The van der Waals surface area contributed by atoms with E-state index in [-0.39, 0.29) is 42.9 Å². The highest BCUT2D eigenvalue weighted by Crippen LogP contribution is 2.27. The number of likely N-dealkylation sites (N-methyl/N-ethyl adjacent to an activating group) is 1. The Bertz CT molecular complexity index is 599. The van der Waals surface area contributed by atoms with E-state index in [0.717, 1.165) is 17.7 Å². The number of amides is 2. The summed E-state index contributed by atoms with van der Waals surface area (Å²) >= 11 is 1.51. The average molecular weight is 367 g/mol. The highest BCUT2D eigenvalue weighted by molar-refractivity contribution is 7.10. The Balaban J connectivity index is 1.80. The number of nitrogens with one attached hydrogen (secondary N) is 2. The third-order valence-corrected chi connectivity index (χ3v) is 5.38. The molecule has 7 nitrogen and oxygen atoms in total. The van der Waals surface area contributed by atoms with E-state index in [1.165, 1.54) is 18.3 Å². The zero-order valence-electron chi connectivity index (χ0n) is 14.5. The lowest BCUT2D eigenvalue weighted by atomic mass is 9.85. The highest BCUT2D eigenvalue weighted by atomic mass is 32.1. The maximum Gasteiger partial charge on any atom is 0.317 e. The molecule has 1 aromatic heterocycles. The van der Waals surface area contributed by atoms with Crippen LogP contribution in [-0.2, 0) is 14.4 Å². The molecular weight excluding hydrogens is 342 g/mol. The molecule has 0 aliphatic heterocycles. The highest BCUT2D eigenvalue weighted by Gasteiger charge is 2.35. The first-order valence-corrected chi connectivity index (χ1v) is 9.32. The zero-order chi connectivity index (χ0) is 18.4. The van der Waals surface area contributed by atoms with Crippen LogP contribution in [0.3, 0.4) is 0 Å². The minimum absolute atomic E-state index is 0.0326. The summed E-state index contributed by atoms with van der Waals surface area (Å²) in [7, 11) is 0. The van der Waals surface area contributed by atoms with Gasteiger partial charge < -0.3 is 15.7 Å². The van der Waals surface area contributed by atoms with Crippen LogP contribution in [-0.4, -0.2) is 53.0 Å². The van der Waals surface area contributed by atoms with Crippen molar-refractivity contribution in [1.29, 1.82) is 0 Å². The fraction of sp³-hybridized carbons (Fsp3) is 0.588. The maximum atomic E-state index is 12.3. The summed E-state index contributed by atoms with van der Waals surface area (Å²) in [5.41, 5.74) is 0. The van der Waals surface area contributed by atoms with Gasteiger partial charge in [-0.2, -0.15) is 0 Å². The van der Waals surface area contributed by atoms with Crippen LogP contribution in [0.5, 0.6) is 0 Å². The minimum atomic E-state index is -0.830. The quantitative estimate of drug-likeness (QED) is 0.612. The number of carbonyl (C=O) groups is 3. The molecule has 1 heterocycles. The first kappa shape index (κ1) is 19.4. The lowest BCUT2D eigenvalue weighted by molar-refractivity contribution is -0.140. The first-order chi connectivity index (χ1) is 11.9. The van der Waals surface area contributed by atoms with Gasteiger partial charge in [0, 0.05) is 23.9 Å². The Labute approximate surface area is 151 Å². The molecule has 0 aromatic carbocycles. The molecule has 1 aliphatic carbocycles. The molecule has 1 unspecified atom stereocenters. The number of aliphatic carboxylic acids is 1. The van der Waals surface area contributed by atoms with Gasteiger partial charge in [-0.1, -0.05) is 13.0 Å². The van der Waals surface area contributed by atoms with E-state index in [0.29, 0.717) is 6.54 Å². The minimum Gasteiger partial charge on any atom is -0.480 e. The molecule has 0 spiro atoms. The van der Waals surface area contributed by atoms with Crippen molar-refractivity contribution in [3.63, 3.8) is 0 Å². The van der Waals surface area contributed by atoms with Gasteiger partial charge in [-0.25, -0.2) is 0 Å². The summed E-state index contributed by atoms with van der Waals surface area (Å²) in [5, 5.41) is 16.6. The van der Waals surface area contributed by atoms with Gasteiger partial charge in [-0.3, -0.25) is 19.3 Å². The van der Waals surface area contributed by atoms with Gasteiger partial charge in [-0.15, -0.1) is 11.3 Å². The molecule has 1 fully saturated rings. The molecular formula is C17H25N3O4S. The van der Waals surface area contributed by atoms with Crippen LogP contribution in [0.15, 0.2) is 17.5 Å². The van der Waals surface area contributed by atoms with Crippen molar-refractivity contribution in [2.75, 3.05) is 13.1 Å². The smallest absolute Gasteiger partial charge is 0.317 e. The van der Waals surface area contributed by atoms with Gasteiger partial charge in [0.25, 0.3) is 0 Å². The van der Waals surface area contributed by atoms with E-state index in [2.05, 4.69) is 10.6 Å². The van der Waals surface area contributed by atoms with E-state index >= 15 is 0 Å². The molecule has 2 amide bonds. The van der Waals surface area contributed by atoms with Crippen molar-refractivity contribution in [2.24, 2.45) is 0 Å². The largest absolute Gasteiger partial charge is 0.480 e. The number of hydrogen-bond donors (Lipinski definition) is 3. The SMILES string of the molecule is CCN(CC(=O)O)C1CC(NC(=O)CC(NC(C)=O)c2cccs2)C1. The number of thiophene rings is 1. The zero-order valence-corrected chi connectivity index (χ0v) is 15.3. The number of nitrogens with zero attached hydrogens (tertiary/aromatic N) is 1. The normalized spacial score (nSPS) is 20.6. The molecule has 0 saturated heterocycles. The van der Waals surface area contributed by atoms with Crippen molar-refractivity contribution >= 4 is 29.1 Å². The van der Waals surface area contributed by atoms with Crippen molar-refractivity contribution in [2.45, 2.75) is 51.2 Å². The molecule has 138 valence electrons. The molecule has 8 heteroatoms. The van der Waals surface area contributed by atoms with Crippen molar-refractivity contribution in [3.8, 4) is 0 Å². The number of hydrogen-bond acceptors (Lipinski definition) is 5. The second-order valence-corrected chi connectivity index (χ2v) is 7.30. The molecule has 1 aromatic rings. The summed E-state index contributed by atoms with van der Waals surface area (Å²) < 4.78 is 0. The van der Waals surface area contributed by atoms with Crippen LogP contribution in [0, 0.1) is 0 Å². The molecule has 0 radical (unpaired) electrons. The van der Waals surface area contributed by atoms with Crippen molar-refractivity contribution < 1.29 is 19.5 Å². The Morgan fingerprint density at radius 1 is 1.40 bits per heavy atom. The van der Waals surface area contributed by atoms with Gasteiger partial charge in [0.05, 0.1) is 19.0 Å². The van der Waals surface area contributed by atoms with E-state index in [1.54, 1.807) is 0 Å². The molecule has 25 heavy (non-hydrogen) atoms. The second-order valence-electron chi connectivity index (χ2n) is 6.32. The number of carboxylic acids is 1. The molecule has 1 aliphatic rings. The fourth-order valence-electron chi connectivity index (χ4n) is 3.11. The van der Waals surface area contributed by atoms with Crippen molar-refractivity contribution in [3.05, 3.63) is 22.4 Å². The van der Waals surface area contributed by atoms with Crippen LogP contribution in [0.2, 0.25) is 0 Å². The molecule has 1 saturated carbocycles. The van der Waals surface area contributed by atoms with E-state index < -0.39 is 5.97 Å².